The molecule has 0 aliphatic rings. The zero-order chi connectivity index (χ0) is 28.6. The number of imidazole rings is 1. The molecule has 1 aromatic carbocycles. The molecule has 6 heteroatoms. The topological polar surface area (TPSA) is 64.9 Å². The molecule has 0 unspecified atom stereocenters. The number of ether oxygens (including phenoxy) is 2. The minimum absolute atomic E-state index is 0.163. The minimum Gasteiger partial charge on any atom is -0.493 e. The number of benzene rings is 1. The minimum atomic E-state index is -0.218. The molecule has 0 bridgehead atoms. The number of hydrogen-bond acceptors (Lipinski definition) is 5. The van der Waals surface area contributed by atoms with Crippen molar-refractivity contribution >= 4 is 17.4 Å². The van der Waals surface area contributed by atoms with Crippen LogP contribution in [0.15, 0.2) is 36.5 Å². The van der Waals surface area contributed by atoms with Crippen LogP contribution >= 0.6 is 0 Å². The number of nitrogens with zero attached hydrogens (tertiary/aromatic N) is 2. The van der Waals surface area contributed by atoms with Crippen LogP contribution in [0.3, 0.4) is 0 Å². The summed E-state index contributed by atoms with van der Waals surface area (Å²) in [4.78, 5) is 17.5. The van der Waals surface area contributed by atoms with Crippen LogP contribution in [0.1, 0.15) is 105 Å². The Labute approximate surface area is 235 Å². The molecule has 0 saturated heterocycles. The predicted molar refractivity (Wildman–Crippen MR) is 162 cm³/mol. The van der Waals surface area contributed by atoms with Crippen LogP contribution in [0.25, 0.3) is 16.9 Å². The molecule has 1 N–H and O–H groups in total. The molecule has 0 amide bonds. The van der Waals surface area contributed by atoms with E-state index in [0.29, 0.717) is 17.9 Å². The van der Waals surface area contributed by atoms with Crippen molar-refractivity contribution in [1.29, 1.82) is 0 Å². The van der Waals surface area contributed by atoms with Gasteiger partial charge in [0.05, 0.1) is 7.11 Å². The smallest absolute Gasteiger partial charge is 0.311 e. The summed E-state index contributed by atoms with van der Waals surface area (Å²) in [7, 11) is 1.60. The second-order valence-electron chi connectivity index (χ2n) is 12.7. The van der Waals surface area contributed by atoms with Crippen molar-refractivity contribution in [2.45, 2.75) is 112 Å². The third-order valence-electron chi connectivity index (χ3n) is 6.86. The average molecular weight is 536 g/mol. The number of nitrogens with one attached hydrogen (secondary N) is 1. The van der Waals surface area contributed by atoms with Crippen molar-refractivity contribution in [3.8, 4) is 22.8 Å². The molecule has 3 rings (SSSR count). The fourth-order valence-electron chi connectivity index (χ4n) is 5.46. The first kappa shape index (κ1) is 30.5. The maximum Gasteiger partial charge on any atom is 0.311 e. The fourth-order valence-corrected chi connectivity index (χ4v) is 5.46. The van der Waals surface area contributed by atoms with E-state index >= 15 is 0 Å². The molecule has 0 radical (unpaired) electrons. The van der Waals surface area contributed by atoms with Gasteiger partial charge in [-0.1, -0.05) is 66.2 Å². The molecular weight excluding hydrogens is 486 g/mol. The number of esters is 1. The number of aryl methyl sites for hydroxylation is 1. The number of hydrogen-bond donors (Lipinski definition) is 1. The maximum atomic E-state index is 12.5. The molecule has 2 heterocycles. The van der Waals surface area contributed by atoms with Crippen LogP contribution in [-0.4, -0.2) is 28.0 Å². The van der Waals surface area contributed by atoms with Gasteiger partial charge in [0.15, 0.2) is 11.5 Å². The Hall–Kier alpha value is -3.02. The molecule has 0 saturated carbocycles. The number of unbranched alkanes of at least 4 members (excludes halogenated alkanes) is 6. The Morgan fingerprint density at radius 3 is 2.31 bits per heavy atom. The lowest BCUT2D eigenvalue weighted by atomic mass is 9.82. The number of rotatable bonds is 14. The Morgan fingerprint density at radius 2 is 1.64 bits per heavy atom. The van der Waals surface area contributed by atoms with E-state index in [-0.39, 0.29) is 16.9 Å². The van der Waals surface area contributed by atoms with Crippen LogP contribution in [0.2, 0.25) is 0 Å². The van der Waals surface area contributed by atoms with Crippen LogP contribution in [0.4, 0.5) is 5.82 Å². The Kier molecular flexibility index (Phi) is 10.5. The van der Waals surface area contributed by atoms with Crippen molar-refractivity contribution in [3.63, 3.8) is 0 Å². The average Bonchev–Trinajstić information content (AvgIpc) is 3.18. The van der Waals surface area contributed by atoms with Crippen LogP contribution in [0.5, 0.6) is 11.5 Å². The summed E-state index contributed by atoms with van der Waals surface area (Å²) >= 11 is 0. The van der Waals surface area contributed by atoms with Crippen molar-refractivity contribution in [2.75, 3.05) is 12.4 Å². The lowest BCUT2D eigenvalue weighted by Crippen LogP contribution is -2.36. The summed E-state index contributed by atoms with van der Waals surface area (Å²) in [5.74, 6) is 1.68. The van der Waals surface area contributed by atoms with Gasteiger partial charge in [-0.05, 0) is 74.9 Å². The highest BCUT2D eigenvalue weighted by Crippen LogP contribution is 2.38. The zero-order valence-electron chi connectivity index (χ0n) is 25.4. The number of pyridine rings is 1. The molecule has 0 aliphatic heterocycles. The largest absolute Gasteiger partial charge is 0.493 e. The van der Waals surface area contributed by atoms with E-state index < -0.39 is 0 Å². The van der Waals surface area contributed by atoms with Gasteiger partial charge in [-0.3, -0.25) is 9.20 Å². The van der Waals surface area contributed by atoms with Crippen LogP contribution in [0, 0.1) is 12.3 Å². The zero-order valence-corrected chi connectivity index (χ0v) is 25.4. The lowest BCUT2D eigenvalue weighted by molar-refractivity contribution is -0.134. The van der Waals surface area contributed by atoms with Gasteiger partial charge in [0, 0.05) is 23.7 Å². The first-order valence-electron chi connectivity index (χ1n) is 14.6. The first-order chi connectivity index (χ1) is 18.4. The van der Waals surface area contributed by atoms with E-state index in [1.54, 1.807) is 7.11 Å². The molecule has 0 spiro atoms. The summed E-state index contributed by atoms with van der Waals surface area (Å²) in [6.45, 7) is 15.5. The normalized spacial score (nSPS) is 12.1. The molecular formula is C33H49N3O3. The summed E-state index contributed by atoms with van der Waals surface area (Å²) in [5.41, 5.74) is 3.76. The maximum absolute atomic E-state index is 12.5. The van der Waals surface area contributed by atoms with E-state index in [4.69, 9.17) is 14.5 Å². The number of anilines is 1. The molecule has 39 heavy (non-hydrogen) atoms. The van der Waals surface area contributed by atoms with Crippen LogP contribution < -0.4 is 14.8 Å². The van der Waals surface area contributed by atoms with Gasteiger partial charge >= 0.3 is 5.97 Å². The van der Waals surface area contributed by atoms with Gasteiger partial charge in [-0.2, -0.15) is 0 Å². The third-order valence-corrected chi connectivity index (χ3v) is 6.86. The second kappa shape index (κ2) is 13.4. The van der Waals surface area contributed by atoms with Crippen LogP contribution in [-0.2, 0) is 4.79 Å². The number of carbonyl (C=O) groups excluding carboxylic acids is 1. The van der Waals surface area contributed by atoms with E-state index in [1.165, 1.54) is 32.1 Å². The van der Waals surface area contributed by atoms with E-state index in [0.717, 1.165) is 47.5 Å². The van der Waals surface area contributed by atoms with E-state index in [2.05, 4.69) is 76.5 Å². The highest BCUT2D eigenvalue weighted by Gasteiger charge is 2.28. The third kappa shape index (κ3) is 9.01. The van der Waals surface area contributed by atoms with Gasteiger partial charge in [0.25, 0.3) is 0 Å². The second-order valence-corrected chi connectivity index (χ2v) is 12.7. The van der Waals surface area contributed by atoms with Crippen molar-refractivity contribution in [1.82, 2.24) is 9.38 Å². The Morgan fingerprint density at radius 1 is 0.949 bits per heavy atom. The number of methoxy groups -OCH3 is 1. The Bertz CT molecular complexity index is 1240. The van der Waals surface area contributed by atoms with Crippen molar-refractivity contribution in [3.05, 3.63) is 42.1 Å². The fraction of sp³-hybridized carbons (Fsp3) is 0.576. The standard InChI is InChI=1S/C33H49N3O3/c1-9-10-11-12-13-14-15-16-29(37)39-26-18-17-25(22-27(26)38-8)30-31(35-33(6,7)23-32(3,4)5)36-20-19-24(2)21-28(36)34-30/h17-22,35H,9-16,23H2,1-8H3. The summed E-state index contributed by atoms with van der Waals surface area (Å²) < 4.78 is 13.5. The van der Waals surface area contributed by atoms with Crippen molar-refractivity contribution in [2.24, 2.45) is 5.41 Å². The molecule has 0 atom stereocenters. The van der Waals surface area contributed by atoms with E-state index in [1.807, 2.05) is 18.2 Å². The number of carbonyl (C=O) groups is 1. The number of fused-ring (bicyclic) bond motifs is 1. The van der Waals surface area contributed by atoms with Gasteiger partial charge < -0.3 is 14.8 Å². The van der Waals surface area contributed by atoms with Gasteiger partial charge in [0.1, 0.15) is 17.2 Å². The summed E-state index contributed by atoms with van der Waals surface area (Å²) in [6, 6.07) is 9.86. The SMILES string of the molecule is CCCCCCCCCC(=O)Oc1ccc(-c2nc3cc(C)ccn3c2NC(C)(C)CC(C)(C)C)cc1OC. The van der Waals surface area contributed by atoms with Gasteiger partial charge in [-0.15, -0.1) is 0 Å². The van der Waals surface area contributed by atoms with Crippen molar-refractivity contribution < 1.29 is 14.3 Å². The van der Waals surface area contributed by atoms with Gasteiger partial charge in [-0.25, -0.2) is 4.98 Å². The quantitative estimate of drug-likeness (QED) is 0.127. The highest BCUT2D eigenvalue weighted by atomic mass is 16.6. The number of aromatic nitrogens is 2. The molecule has 0 aliphatic carbocycles. The molecule has 3 aromatic rings. The highest BCUT2D eigenvalue weighted by molar-refractivity contribution is 5.79. The molecule has 0 fully saturated rings. The molecule has 2 aromatic heterocycles. The van der Waals surface area contributed by atoms with E-state index in [9.17, 15) is 4.79 Å². The monoisotopic (exact) mass is 535 g/mol. The summed E-state index contributed by atoms with van der Waals surface area (Å²) in [6.07, 6.45) is 11.6. The lowest BCUT2D eigenvalue weighted by Gasteiger charge is -2.34. The summed E-state index contributed by atoms with van der Waals surface area (Å²) in [5, 5.41) is 3.79. The molecule has 6 nitrogen and oxygen atoms in total. The first-order valence-corrected chi connectivity index (χ1v) is 14.6. The van der Waals surface area contributed by atoms with Gasteiger partial charge in [0.2, 0.25) is 0 Å². The molecule has 214 valence electrons. The Balaban J connectivity index is 1.81. The predicted octanol–water partition coefficient (Wildman–Crippen LogP) is 8.99.